The van der Waals surface area contributed by atoms with E-state index in [0.29, 0.717) is 22.7 Å². The number of carbonyl (C=O) groups is 1. The summed E-state index contributed by atoms with van der Waals surface area (Å²) in [4.78, 5) is 27.7. The highest BCUT2D eigenvalue weighted by molar-refractivity contribution is 6.01. The molecule has 0 saturated carbocycles. The number of fused-ring (bicyclic) bond motifs is 2. The van der Waals surface area contributed by atoms with Gasteiger partial charge in [-0.05, 0) is 29.8 Å². The van der Waals surface area contributed by atoms with Gasteiger partial charge in [0.25, 0.3) is 5.91 Å². The zero-order chi connectivity index (χ0) is 19.1. The van der Waals surface area contributed by atoms with Crippen molar-refractivity contribution in [2.75, 3.05) is 5.32 Å². The summed E-state index contributed by atoms with van der Waals surface area (Å²) in [5.74, 6) is -0.0319. The van der Waals surface area contributed by atoms with Crippen molar-refractivity contribution < 1.29 is 4.79 Å². The molecule has 0 aliphatic rings. The third-order valence-electron chi connectivity index (χ3n) is 4.47. The van der Waals surface area contributed by atoms with Crippen molar-refractivity contribution in [1.29, 1.82) is 0 Å². The Bertz CT molecular complexity index is 1320. The van der Waals surface area contributed by atoms with Crippen LogP contribution in [0.25, 0.3) is 27.7 Å². The van der Waals surface area contributed by atoms with Gasteiger partial charge in [0.1, 0.15) is 5.65 Å². The Hall–Kier alpha value is -4.27. The quantitative estimate of drug-likeness (QED) is 0.446. The maximum absolute atomic E-state index is 11.6. The fourth-order valence-electron chi connectivity index (χ4n) is 3.11. The summed E-state index contributed by atoms with van der Waals surface area (Å²) < 4.78 is 1.62. The molecule has 5 heterocycles. The van der Waals surface area contributed by atoms with E-state index in [9.17, 15) is 4.79 Å². The van der Waals surface area contributed by atoms with E-state index in [4.69, 9.17) is 5.73 Å². The molecule has 0 atom stereocenters. The zero-order valence-electron chi connectivity index (χ0n) is 14.5. The Morgan fingerprint density at radius 3 is 2.86 bits per heavy atom. The smallest absolute Gasteiger partial charge is 0.252 e. The van der Waals surface area contributed by atoms with Crippen molar-refractivity contribution in [2.45, 2.75) is 0 Å². The predicted octanol–water partition coefficient (Wildman–Crippen LogP) is 2.51. The molecule has 0 aromatic carbocycles. The van der Waals surface area contributed by atoms with E-state index in [1.54, 1.807) is 29.3 Å². The van der Waals surface area contributed by atoms with Gasteiger partial charge in [0.05, 0.1) is 17.3 Å². The van der Waals surface area contributed by atoms with Gasteiger partial charge < -0.3 is 16.0 Å². The van der Waals surface area contributed by atoms with Crippen LogP contribution in [0.15, 0.2) is 61.4 Å². The lowest BCUT2D eigenvalue weighted by molar-refractivity contribution is 0.100. The summed E-state index contributed by atoms with van der Waals surface area (Å²) in [6.45, 7) is 0. The summed E-state index contributed by atoms with van der Waals surface area (Å²) >= 11 is 0. The average Bonchev–Trinajstić information content (AvgIpc) is 3.32. The SMILES string of the molecule is NC(=O)c1cnn2ccc(-c3c[nH]c4nc(Nc5ccncc5)ncc34)cc12. The van der Waals surface area contributed by atoms with Crippen LogP contribution < -0.4 is 11.1 Å². The fourth-order valence-corrected chi connectivity index (χ4v) is 3.11. The van der Waals surface area contributed by atoms with Gasteiger partial charge in [-0.15, -0.1) is 0 Å². The molecule has 9 nitrogen and oxygen atoms in total. The molecule has 0 unspecified atom stereocenters. The van der Waals surface area contributed by atoms with E-state index in [2.05, 4.69) is 30.4 Å². The average molecular weight is 370 g/mol. The van der Waals surface area contributed by atoms with Crippen molar-refractivity contribution in [1.82, 2.24) is 29.5 Å². The molecule has 0 aliphatic heterocycles. The first-order valence-corrected chi connectivity index (χ1v) is 8.48. The highest BCUT2D eigenvalue weighted by Crippen LogP contribution is 2.29. The largest absolute Gasteiger partial charge is 0.365 e. The minimum absolute atomic E-state index is 0.377. The number of nitrogens with one attached hydrogen (secondary N) is 2. The first kappa shape index (κ1) is 15.9. The van der Waals surface area contributed by atoms with Crippen LogP contribution in [0, 0.1) is 0 Å². The molecule has 5 rings (SSSR count). The molecule has 0 spiro atoms. The number of H-pyrrole nitrogens is 1. The highest BCUT2D eigenvalue weighted by Gasteiger charge is 2.13. The Morgan fingerprint density at radius 1 is 1.18 bits per heavy atom. The van der Waals surface area contributed by atoms with Gasteiger partial charge >= 0.3 is 0 Å². The van der Waals surface area contributed by atoms with Crippen LogP contribution in [-0.4, -0.2) is 35.5 Å². The molecular weight excluding hydrogens is 356 g/mol. The second-order valence-corrected chi connectivity index (χ2v) is 6.19. The molecule has 9 heteroatoms. The standard InChI is InChI=1S/C19H14N8O/c20-17(28)15-10-24-27-6-3-11(7-16(15)27)13-8-22-18-14(13)9-23-19(26-18)25-12-1-4-21-5-2-12/h1-10H,(H2,20,28)(H2,21,22,23,25,26). The third kappa shape index (κ3) is 2.62. The molecular formula is C19H14N8O. The number of hydrogen-bond acceptors (Lipinski definition) is 6. The van der Waals surface area contributed by atoms with Crippen LogP contribution in [0.5, 0.6) is 0 Å². The Balaban J connectivity index is 1.55. The van der Waals surface area contributed by atoms with Crippen molar-refractivity contribution in [3.8, 4) is 11.1 Å². The molecule has 0 aliphatic carbocycles. The number of nitrogens with two attached hydrogens (primary N) is 1. The van der Waals surface area contributed by atoms with Gasteiger partial charge in [-0.25, -0.2) is 9.50 Å². The first-order valence-electron chi connectivity index (χ1n) is 8.48. The van der Waals surface area contributed by atoms with E-state index in [1.807, 2.05) is 30.5 Å². The van der Waals surface area contributed by atoms with E-state index in [1.165, 1.54) is 6.20 Å². The van der Waals surface area contributed by atoms with Crippen LogP contribution in [-0.2, 0) is 0 Å². The number of pyridine rings is 2. The van der Waals surface area contributed by atoms with Gasteiger partial charge in [0, 0.05) is 47.6 Å². The number of carbonyl (C=O) groups excluding carboxylic acids is 1. The van der Waals surface area contributed by atoms with E-state index < -0.39 is 5.91 Å². The predicted molar refractivity (Wildman–Crippen MR) is 104 cm³/mol. The molecule has 28 heavy (non-hydrogen) atoms. The maximum atomic E-state index is 11.6. The number of aromatic amines is 1. The molecule has 1 amide bonds. The molecule has 0 fully saturated rings. The van der Waals surface area contributed by atoms with Gasteiger partial charge in [-0.3, -0.25) is 9.78 Å². The molecule has 0 bridgehead atoms. The number of anilines is 2. The van der Waals surface area contributed by atoms with Gasteiger partial charge in [0.15, 0.2) is 0 Å². The van der Waals surface area contributed by atoms with E-state index in [0.717, 1.165) is 22.2 Å². The van der Waals surface area contributed by atoms with E-state index in [-0.39, 0.29) is 0 Å². The summed E-state index contributed by atoms with van der Waals surface area (Å²) in [5.41, 5.74) is 9.84. The highest BCUT2D eigenvalue weighted by atomic mass is 16.1. The number of nitrogens with zero attached hydrogens (tertiary/aromatic N) is 5. The lowest BCUT2D eigenvalue weighted by Gasteiger charge is -2.05. The fraction of sp³-hybridized carbons (Fsp3) is 0. The van der Waals surface area contributed by atoms with E-state index >= 15 is 0 Å². The third-order valence-corrected chi connectivity index (χ3v) is 4.47. The maximum Gasteiger partial charge on any atom is 0.252 e. The Labute approximate surface area is 158 Å². The number of aromatic nitrogens is 6. The second-order valence-electron chi connectivity index (χ2n) is 6.19. The Kier molecular flexibility index (Phi) is 3.51. The number of primary amides is 1. The van der Waals surface area contributed by atoms with Crippen LogP contribution in [0.2, 0.25) is 0 Å². The minimum Gasteiger partial charge on any atom is -0.365 e. The molecule has 5 aromatic rings. The summed E-state index contributed by atoms with van der Waals surface area (Å²) in [6, 6.07) is 7.46. The normalized spacial score (nSPS) is 11.1. The molecule has 0 radical (unpaired) electrons. The monoisotopic (exact) mass is 370 g/mol. The van der Waals surface area contributed by atoms with Gasteiger partial charge in [-0.1, -0.05) is 0 Å². The van der Waals surface area contributed by atoms with Gasteiger partial charge in [-0.2, -0.15) is 10.1 Å². The Morgan fingerprint density at radius 2 is 2.04 bits per heavy atom. The number of hydrogen-bond donors (Lipinski definition) is 3. The first-order chi connectivity index (χ1) is 13.7. The summed E-state index contributed by atoms with van der Waals surface area (Å²) in [6.07, 6.45) is 10.3. The van der Waals surface area contributed by atoms with Gasteiger partial charge in [0.2, 0.25) is 5.95 Å². The van der Waals surface area contributed by atoms with Crippen LogP contribution in [0.3, 0.4) is 0 Å². The lowest BCUT2D eigenvalue weighted by Crippen LogP contribution is -2.10. The lowest BCUT2D eigenvalue weighted by atomic mass is 10.1. The van der Waals surface area contributed by atoms with Crippen LogP contribution in [0.1, 0.15) is 10.4 Å². The van der Waals surface area contributed by atoms with Crippen molar-refractivity contribution in [2.24, 2.45) is 5.73 Å². The van der Waals surface area contributed by atoms with Crippen LogP contribution >= 0.6 is 0 Å². The molecule has 4 N–H and O–H groups in total. The number of amides is 1. The van der Waals surface area contributed by atoms with Crippen molar-refractivity contribution in [3.05, 3.63) is 67.0 Å². The minimum atomic E-state index is -0.513. The molecule has 0 saturated heterocycles. The van der Waals surface area contributed by atoms with Crippen LogP contribution in [0.4, 0.5) is 11.6 Å². The molecule has 5 aromatic heterocycles. The number of rotatable bonds is 4. The topological polar surface area (TPSA) is 127 Å². The van der Waals surface area contributed by atoms with Crippen molar-refractivity contribution in [3.63, 3.8) is 0 Å². The second kappa shape index (κ2) is 6.16. The summed E-state index contributed by atoms with van der Waals surface area (Å²) in [5, 5.41) is 8.15. The summed E-state index contributed by atoms with van der Waals surface area (Å²) in [7, 11) is 0. The molecule has 136 valence electrons. The zero-order valence-corrected chi connectivity index (χ0v) is 14.5. The van der Waals surface area contributed by atoms with Crippen molar-refractivity contribution >= 4 is 34.1 Å².